The Kier molecular flexibility index (Phi) is 2.15. The highest BCUT2D eigenvalue weighted by atomic mass is 15.1. The number of aromatic nitrogens is 3. The summed E-state index contributed by atoms with van der Waals surface area (Å²) in [4.78, 5) is 4.32. The van der Waals surface area contributed by atoms with Crippen LogP contribution in [-0.4, -0.2) is 15.2 Å². The van der Waals surface area contributed by atoms with Crippen molar-refractivity contribution in [2.24, 2.45) is 0 Å². The second-order valence-electron chi connectivity index (χ2n) is 3.72. The molecule has 0 fully saturated rings. The summed E-state index contributed by atoms with van der Waals surface area (Å²) in [6.45, 7) is 6.17. The lowest BCUT2D eigenvalue weighted by Crippen LogP contribution is -2.00. The van der Waals surface area contributed by atoms with Gasteiger partial charge in [-0.15, -0.1) is 0 Å². The molecular weight excluding hydrogens is 174 g/mol. The molecule has 2 aromatic rings. The molecule has 0 aliphatic heterocycles. The maximum absolute atomic E-state index is 4.32. The molecule has 0 aliphatic carbocycles. The van der Waals surface area contributed by atoms with Crippen molar-refractivity contribution in [3.63, 3.8) is 0 Å². The van der Waals surface area contributed by atoms with Crippen LogP contribution in [0.3, 0.4) is 0 Å². The van der Waals surface area contributed by atoms with Gasteiger partial charge in [0, 0.05) is 11.6 Å². The van der Waals surface area contributed by atoms with Gasteiger partial charge in [-0.05, 0) is 25.0 Å². The first-order valence-electron chi connectivity index (χ1n) is 4.78. The number of pyridine rings is 1. The first kappa shape index (κ1) is 9.06. The summed E-state index contributed by atoms with van der Waals surface area (Å²) in [6, 6.07) is 3.99. The molecule has 0 unspecified atom stereocenters. The molecule has 2 rings (SSSR count). The Balaban J connectivity index is 2.82. The summed E-state index contributed by atoms with van der Waals surface area (Å²) >= 11 is 0. The zero-order valence-electron chi connectivity index (χ0n) is 8.65. The average Bonchev–Trinajstić information content (AvgIpc) is 2.18. The summed E-state index contributed by atoms with van der Waals surface area (Å²) in [6.07, 6.45) is 1.79. The van der Waals surface area contributed by atoms with Crippen LogP contribution in [0.4, 0.5) is 0 Å². The van der Waals surface area contributed by atoms with Crippen molar-refractivity contribution >= 4 is 10.9 Å². The van der Waals surface area contributed by atoms with E-state index >= 15 is 0 Å². The van der Waals surface area contributed by atoms with E-state index in [1.165, 1.54) is 0 Å². The Bertz CT molecular complexity index is 463. The Morgan fingerprint density at radius 3 is 2.71 bits per heavy atom. The van der Waals surface area contributed by atoms with Gasteiger partial charge < -0.3 is 0 Å². The van der Waals surface area contributed by atoms with Crippen molar-refractivity contribution in [1.82, 2.24) is 15.2 Å². The van der Waals surface area contributed by atoms with Gasteiger partial charge >= 0.3 is 0 Å². The van der Waals surface area contributed by atoms with Gasteiger partial charge in [0.15, 0.2) is 0 Å². The normalized spacial score (nSPS) is 11.1. The molecule has 14 heavy (non-hydrogen) atoms. The summed E-state index contributed by atoms with van der Waals surface area (Å²) in [7, 11) is 0. The summed E-state index contributed by atoms with van der Waals surface area (Å²) in [5.41, 5.74) is 2.88. The first-order valence-corrected chi connectivity index (χ1v) is 4.78. The van der Waals surface area contributed by atoms with Crippen molar-refractivity contribution in [1.29, 1.82) is 0 Å². The van der Waals surface area contributed by atoms with E-state index in [4.69, 9.17) is 0 Å². The van der Waals surface area contributed by atoms with Crippen molar-refractivity contribution in [2.75, 3.05) is 0 Å². The fourth-order valence-corrected chi connectivity index (χ4v) is 1.56. The summed E-state index contributed by atoms with van der Waals surface area (Å²) < 4.78 is 0. The van der Waals surface area contributed by atoms with E-state index in [0.29, 0.717) is 5.92 Å². The van der Waals surface area contributed by atoms with Gasteiger partial charge in [0.2, 0.25) is 0 Å². The van der Waals surface area contributed by atoms with Crippen LogP contribution in [0, 0.1) is 6.92 Å². The van der Waals surface area contributed by atoms with E-state index in [1.54, 1.807) is 6.20 Å². The zero-order valence-corrected chi connectivity index (χ0v) is 8.65. The number of aryl methyl sites for hydroxylation is 1. The lowest BCUT2D eigenvalue weighted by molar-refractivity contribution is 0.791. The van der Waals surface area contributed by atoms with E-state index in [2.05, 4.69) is 35.1 Å². The summed E-state index contributed by atoms with van der Waals surface area (Å²) in [5.74, 6) is 0.384. The minimum Gasteiger partial charge on any atom is -0.254 e. The lowest BCUT2D eigenvalue weighted by Gasteiger charge is -2.07. The third-order valence-corrected chi connectivity index (χ3v) is 2.28. The topological polar surface area (TPSA) is 38.7 Å². The van der Waals surface area contributed by atoms with Crippen molar-refractivity contribution in [3.05, 3.63) is 29.7 Å². The SMILES string of the molecule is Cc1nnc(C(C)C)c2cccnc12. The van der Waals surface area contributed by atoms with Crippen LogP contribution >= 0.6 is 0 Å². The number of hydrogen-bond donors (Lipinski definition) is 0. The lowest BCUT2D eigenvalue weighted by atomic mass is 10.1. The maximum atomic E-state index is 4.32. The smallest absolute Gasteiger partial charge is 0.0951 e. The fraction of sp³-hybridized carbons (Fsp3) is 0.364. The minimum atomic E-state index is 0.384. The molecule has 0 amide bonds. The average molecular weight is 187 g/mol. The van der Waals surface area contributed by atoms with Crippen LogP contribution in [-0.2, 0) is 0 Å². The van der Waals surface area contributed by atoms with Gasteiger partial charge in [0.25, 0.3) is 0 Å². The van der Waals surface area contributed by atoms with E-state index in [-0.39, 0.29) is 0 Å². The number of rotatable bonds is 1. The van der Waals surface area contributed by atoms with E-state index in [9.17, 15) is 0 Å². The van der Waals surface area contributed by atoms with Gasteiger partial charge in [0.05, 0.1) is 16.9 Å². The molecule has 0 radical (unpaired) electrons. The van der Waals surface area contributed by atoms with Crippen LogP contribution in [0.1, 0.15) is 31.2 Å². The van der Waals surface area contributed by atoms with Crippen molar-refractivity contribution in [3.8, 4) is 0 Å². The molecule has 0 N–H and O–H groups in total. The predicted molar refractivity (Wildman–Crippen MR) is 56.2 cm³/mol. The highest BCUT2D eigenvalue weighted by molar-refractivity contribution is 5.82. The third-order valence-electron chi connectivity index (χ3n) is 2.28. The van der Waals surface area contributed by atoms with Gasteiger partial charge in [0.1, 0.15) is 0 Å². The minimum absolute atomic E-state index is 0.384. The molecular formula is C11H13N3. The Morgan fingerprint density at radius 1 is 1.21 bits per heavy atom. The van der Waals surface area contributed by atoms with E-state index in [1.807, 2.05) is 13.0 Å². The standard InChI is InChI=1S/C11H13N3/c1-7(2)10-9-5-4-6-12-11(9)8(3)13-14-10/h4-7H,1-3H3. The molecule has 0 aromatic carbocycles. The molecule has 0 atom stereocenters. The molecule has 0 aliphatic rings. The summed E-state index contributed by atoms with van der Waals surface area (Å²) in [5, 5.41) is 9.45. The Hall–Kier alpha value is -1.51. The predicted octanol–water partition coefficient (Wildman–Crippen LogP) is 2.46. The second kappa shape index (κ2) is 3.33. The van der Waals surface area contributed by atoms with E-state index < -0.39 is 0 Å². The Labute approximate surface area is 83.2 Å². The molecule has 2 aromatic heterocycles. The largest absolute Gasteiger partial charge is 0.254 e. The maximum Gasteiger partial charge on any atom is 0.0951 e. The third kappa shape index (κ3) is 1.35. The quantitative estimate of drug-likeness (QED) is 0.688. The highest BCUT2D eigenvalue weighted by Crippen LogP contribution is 2.22. The monoisotopic (exact) mass is 187 g/mol. The number of hydrogen-bond acceptors (Lipinski definition) is 3. The van der Waals surface area contributed by atoms with Crippen LogP contribution < -0.4 is 0 Å². The fourth-order valence-electron chi connectivity index (χ4n) is 1.56. The van der Waals surface area contributed by atoms with Crippen molar-refractivity contribution < 1.29 is 0 Å². The van der Waals surface area contributed by atoms with E-state index in [0.717, 1.165) is 22.3 Å². The number of fused-ring (bicyclic) bond motifs is 1. The van der Waals surface area contributed by atoms with Crippen LogP contribution in [0.25, 0.3) is 10.9 Å². The van der Waals surface area contributed by atoms with Gasteiger partial charge in [-0.1, -0.05) is 13.8 Å². The molecule has 3 nitrogen and oxygen atoms in total. The molecule has 0 bridgehead atoms. The van der Waals surface area contributed by atoms with Crippen LogP contribution in [0.2, 0.25) is 0 Å². The van der Waals surface area contributed by atoms with Gasteiger partial charge in [-0.2, -0.15) is 10.2 Å². The highest BCUT2D eigenvalue weighted by Gasteiger charge is 2.09. The van der Waals surface area contributed by atoms with Crippen molar-refractivity contribution in [2.45, 2.75) is 26.7 Å². The van der Waals surface area contributed by atoms with Gasteiger partial charge in [-0.3, -0.25) is 4.98 Å². The zero-order chi connectivity index (χ0) is 10.1. The molecule has 3 heteroatoms. The van der Waals surface area contributed by atoms with Crippen LogP contribution in [0.15, 0.2) is 18.3 Å². The van der Waals surface area contributed by atoms with Crippen LogP contribution in [0.5, 0.6) is 0 Å². The van der Waals surface area contributed by atoms with Gasteiger partial charge in [-0.25, -0.2) is 0 Å². The second-order valence-corrected chi connectivity index (χ2v) is 3.72. The number of nitrogens with zero attached hydrogens (tertiary/aromatic N) is 3. The molecule has 2 heterocycles. The molecule has 0 saturated heterocycles. The molecule has 72 valence electrons. The first-order chi connectivity index (χ1) is 6.70. The molecule has 0 saturated carbocycles. The Morgan fingerprint density at radius 2 is 2.00 bits per heavy atom. The molecule has 0 spiro atoms.